The standard InChI is InChI=1S/C14H24ClN5S/c1-4-11-13(15)12(18(3)17-11)9-19-5-7-20(8-6-19)10(2)14(16)21/h10H,4-9H2,1-3H3,(H2,16,21). The second-order valence-electron chi connectivity index (χ2n) is 5.57. The number of hydrogen-bond acceptors (Lipinski definition) is 4. The largest absolute Gasteiger partial charge is 0.392 e. The highest BCUT2D eigenvalue weighted by Crippen LogP contribution is 2.22. The van der Waals surface area contributed by atoms with Crippen molar-refractivity contribution in [3.8, 4) is 0 Å². The second-order valence-corrected chi connectivity index (χ2v) is 6.42. The molecule has 0 amide bonds. The van der Waals surface area contributed by atoms with Crippen molar-refractivity contribution in [2.75, 3.05) is 26.2 Å². The maximum Gasteiger partial charge on any atom is 0.0899 e. The number of thiocarbonyl (C=S) groups is 1. The molecule has 2 N–H and O–H groups in total. The molecule has 2 rings (SSSR count). The Morgan fingerprint density at radius 1 is 1.38 bits per heavy atom. The third kappa shape index (κ3) is 3.74. The average Bonchev–Trinajstić information content (AvgIpc) is 2.74. The lowest BCUT2D eigenvalue weighted by molar-refractivity contribution is 0.116. The highest BCUT2D eigenvalue weighted by molar-refractivity contribution is 7.80. The third-order valence-corrected chi connectivity index (χ3v) is 5.02. The summed E-state index contributed by atoms with van der Waals surface area (Å²) in [4.78, 5) is 5.32. The number of aromatic nitrogens is 2. The van der Waals surface area contributed by atoms with E-state index in [1.165, 1.54) is 0 Å². The minimum atomic E-state index is 0.175. The van der Waals surface area contributed by atoms with Gasteiger partial charge in [-0.3, -0.25) is 14.5 Å². The molecule has 1 aromatic rings. The van der Waals surface area contributed by atoms with Gasteiger partial charge in [-0.1, -0.05) is 30.7 Å². The van der Waals surface area contributed by atoms with E-state index in [1.54, 1.807) is 0 Å². The Morgan fingerprint density at radius 3 is 2.48 bits per heavy atom. The van der Waals surface area contributed by atoms with Crippen LogP contribution in [0.15, 0.2) is 0 Å². The predicted octanol–water partition coefficient (Wildman–Crippen LogP) is 1.43. The van der Waals surface area contributed by atoms with Gasteiger partial charge in [-0.05, 0) is 13.3 Å². The van der Waals surface area contributed by atoms with Crippen LogP contribution in [0.3, 0.4) is 0 Å². The van der Waals surface area contributed by atoms with Crippen LogP contribution in [0.4, 0.5) is 0 Å². The van der Waals surface area contributed by atoms with Gasteiger partial charge < -0.3 is 5.73 Å². The SMILES string of the molecule is CCc1nn(C)c(CN2CCN(C(C)C(N)=S)CC2)c1Cl. The number of piperazine rings is 1. The van der Waals surface area contributed by atoms with Gasteiger partial charge in [-0.15, -0.1) is 0 Å². The highest BCUT2D eigenvalue weighted by Gasteiger charge is 2.24. The van der Waals surface area contributed by atoms with E-state index in [0.717, 1.165) is 55.6 Å². The molecule has 0 spiro atoms. The molecule has 21 heavy (non-hydrogen) atoms. The molecule has 0 radical (unpaired) electrons. The van der Waals surface area contributed by atoms with Crippen molar-refractivity contribution in [2.45, 2.75) is 32.9 Å². The first kappa shape index (κ1) is 16.7. The lowest BCUT2D eigenvalue weighted by atomic mass is 10.2. The summed E-state index contributed by atoms with van der Waals surface area (Å²) in [6.45, 7) is 8.95. The molecule has 1 aliphatic rings. The molecule has 0 bridgehead atoms. The van der Waals surface area contributed by atoms with Crippen LogP contribution in [0.1, 0.15) is 25.2 Å². The Hall–Kier alpha value is -0.690. The molecular formula is C14H24ClN5S. The molecule has 1 atom stereocenters. The topological polar surface area (TPSA) is 50.3 Å². The van der Waals surface area contributed by atoms with Crippen molar-refractivity contribution in [2.24, 2.45) is 12.8 Å². The molecule has 5 nitrogen and oxygen atoms in total. The number of nitrogens with zero attached hydrogens (tertiary/aromatic N) is 4. The van der Waals surface area contributed by atoms with Crippen molar-refractivity contribution in [3.05, 3.63) is 16.4 Å². The van der Waals surface area contributed by atoms with Gasteiger partial charge in [0.1, 0.15) is 0 Å². The molecule has 0 aliphatic carbocycles. The van der Waals surface area contributed by atoms with Crippen molar-refractivity contribution in [1.29, 1.82) is 0 Å². The molecule has 1 saturated heterocycles. The Kier molecular flexibility index (Phi) is 5.60. The van der Waals surface area contributed by atoms with Gasteiger partial charge in [0.2, 0.25) is 0 Å². The van der Waals surface area contributed by atoms with Gasteiger partial charge in [0.15, 0.2) is 0 Å². The van der Waals surface area contributed by atoms with Gasteiger partial charge in [0.25, 0.3) is 0 Å². The van der Waals surface area contributed by atoms with E-state index in [4.69, 9.17) is 29.6 Å². The van der Waals surface area contributed by atoms with Crippen LogP contribution < -0.4 is 5.73 Å². The van der Waals surface area contributed by atoms with E-state index in [2.05, 4.69) is 28.7 Å². The van der Waals surface area contributed by atoms with Crippen LogP contribution in [0.5, 0.6) is 0 Å². The molecule has 7 heteroatoms. The number of aryl methyl sites for hydroxylation is 2. The summed E-state index contributed by atoms with van der Waals surface area (Å²) in [5.41, 5.74) is 7.81. The van der Waals surface area contributed by atoms with Crippen LogP contribution in [0, 0.1) is 0 Å². The van der Waals surface area contributed by atoms with E-state index >= 15 is 0 Å². The van der Waals surface area contributed by atoms with Crippen LogP contribution in [0.2, 0.25) is 5.02 Å². The van der Waals surface area contributed by atoms with Crippen LogP contribution in [-0.2, 0) is 20.0 Å². The van der Waals surface area contributed by atoms with Gasteiger partial charge >= 0.3 is 0 Å². The Bertz CT molecular complexity index is 508. The quantitative estimate of drug-likeness (QED) is 0.828. The number of hydrogen-bond donors (Lipinski definition) is 1. The summed E-state index contributed by atoms with van der Waals surface area (Å²) in [5.74, 6) is 0. The van der Waals surface area contributed by atoms with Crippen molar-refractivity contribution < 1.29 is 0 Å². The van der Waals surface area contributed by atoms with E-state index in [1.807, 2.05) is 11.7 Å². The van der Waals surface area contributed by atoms with Gasteiger partial charge in [0.05, 0.1) is 27.4 Å². The molecule has 1 fully saturated rings. The minimum Gasteiger partial charge on any atom is -0.392 e. The lowest BCUT2D eigenvalue weighted by Crippen LogP contribution is -2.52. The molecule has 2 heterocycles. The molecule has 0 saturated carbocycles. The lowest BCUT2D eigenvalue weighted by Gasteiger charge is -2.37. The monoisotopic (exact) mass is 329 g/mol. The Balaban J connectivity index is 1.95. The molecule has 118 valence electrons. The fourth-order valence-corrected chi connectivity index (χ4v) is 3.19. The van der Waals surface area contributed by atoms with E-state index in [0.29, 0.717) is 4.99 Å². The van der Waals surface area contributed by atoms with Crippen LogP contribution in [-0.4, -0.2) is 56.8 Å². The fourth-order valence-electron chi connectivity index (χ4n) is 2.69. The van der Waals surface area contributed by atoms with E-state index in [-0.39, 0.29) is 6.04 Å². The predicted molar refractivity (Wildman–Crippen MR) is 90.7 cm³/mol. The molecule has 1 aromatic heterocycles. The van der Waals surface area contributed by atoms with Crippen molar-refractivity contribution >= 4 is 28.8 Å². The van der Waals surface area contributed by atoms with E-state index < -0.39 is 0 Å². The molecular weight excluding hydrogens is 306 g/mol. The van der Waals surface area contributed by atoms with E-state index in [9.17, 15) is 0 Å². The summed E-state index contributed by atoms with van der Waals surface area (Å²) in [5, 5.41) is 5.29. The average molecular weight is 330 g/mol. The fraction of sp³-hybridized carbons (Fsp3) is 0.714. The van der Waals surface area contributed by atoms with Gasteiger partial charge in [-0.2, -0.15) is 5.10 Å². The Labute approximate surface area is 137 Å². The summed E-state index contributed by atoms with van der Waals surface area (Å²) in [6.07, 6.45) is 0.867. The van der Waals surface area contributed by atoms with Crippen molar-refractivity contribution in [3.63, 3.8) is 0 Å². The Morgan fingerprint density at radius 2 is 2.00 bits per heavy atom. The maximum absolute atomic E-state index is 6.42. The number of nitrogens with two attached hydrogens (primary N) is 1. The minimum absolute atomic E-state index is 0.175. The summed E-state index contributed by atoms with van der Waals surface area (Å²) in [6, 6.07) is 0.175. The number of rotatable bonds is 5. The third-order valence-electron chi connectivity index (χ3n) is 4.24. The smallest absolute Gasteiger partial charge is 0.0899 e. The van der Waals surface area contributed by atoms with Crippen LogP contribution >= 0.6 is 23.8 Å². The summed E-state index contributed by atoms with van der Waals surface area (Å²) < 4.78 is 1.91. The molecule has 1 unspecified atom stereocenters. The van der Waals surface area contributed by atoms with Gasteiger partial charge in [-0.25, -0.2) is 0 Å². The zero-order chi connectivity index (χ0) is 15.6. The second kappa shape index (κ2) is 7.05. The van der Waals surface area contributed by atoms with Crippen LogP contribution in [0.25, 0.3) is 0 Å². The van der Waals surface area contributed by atoms with Gasteiger partial charge in [0, 0.05) is 39.8 Å². The zero-order valence-corrected chi connectivity index (χ0v) is 14.5. The highest BCUT2D eigenvalue weighted by atomic mass is 35.5. The zero-order valence-electron chi connectivity index (χ0n) is 13.0. The first-order chi connectivity index (χ1) is 9.93. The summed E-state index contributed by atoms with van der Waals surface area (Å²) in [7, 11) is 1.96. The maximum atomic E-state index is 6.42. The van der Waals surface area contributed by atoms with Crippen molar-refractivity contribution in [1.82, 2.24) is 19.6 Å². The summed E-state index contributed by atoms with van der Waals surface area (Å²) >= 11 is 11.5. The number of halogens is 1. The molecule has 1 aliphatic heterocycles. The molecule has 0 aromatic carbocycles. The first-order valence-electron chi connectivity index (χ1n) is 7.40. The normalized spacial score (nSPS) is 18.9. The first-order valence-corrected chi connectivity index (χ1v) is 8.18.